The topological polar surface area (TPSA) is 68.1 Å². The minimum Gasteiger partial charge on any atom is -0.374 e. The summed E-state index contributed by atoms with van der Waals surface area (Å²) in [5, 5.41) is 9.36. The smallest absolute Gasteiger partial charge is 0.159 e. The van der Waals surface area contributed by atoms with E-state index in [-0.39, 0.29) is 12.4 Å². The zero-order chi connectivity index (χ0) is 20.2. The van der Waals surface area contributed by atoms with Gasteiger partial charge in [-0.3, -0.25) is 0 Å². The van der Waals surface area contributed by atoms with Crippen LogP contribution in [0.2, 0.25) is 0 Å². The van der Waals surface area contributed by atoms with Crippen LogP contribution in [0.4, 0.5) is 5.82 Å². The molecule has 31 heavy (non-hydrogen) atoms. The van der Waals surface area contributed by atoms with E-state index in [0.717, 1.165) is 61.0 Å². The first kappa shape index (κ1) is 20.7. The summed E-state index contributed by atoms with van der Waals surface area (Å²) in [7, 11) is 0. The van der Waals surface area contributed by atoms with Crippen LogP contribution < -0.4 is 10.2 Å². The zero-order valence-electron chi connectivity index (χ0n) is 18.0. The summed E-state index contributed by atoms with van der Waals surface area (Å²) in [4.78, 5) is 11.9. The van der Waals surface area contributed by atoms with Gasteiger partial charge in [-0.2, -0.15) is 5.10 Å². The van der Waals surface area contributed by atoms with Gasteiger partial charge in [0, 0.05) is 18.0 Å². The molecule has 164 valence electrons. The van der Waals surface area contributed by atoms with Crippen molar-refractivity contribution >= 4 is 29.1 Å². The third-order valence-electron chi connectivity index (χ3n) is 6.96. The second kappa shape index (κ2) is 8.04. The van der Waals surface area contributed by atoms with Crippen molar-refractivity contribution in [2.24, 2.45) is 0 Å². The molecule has 0 amide bonds. The molecule has 3 aliphatic rings. The van der Waals surface area contributed by atoms with Gasteiger partial charge in [-0.25, -0.2) is 14.6 Å². The van der Waals surface area contributed by atoms with Crippen LogP contribution in [-0.4, -0.2) is 58.1 Å². The Balaban J connectivity index is 0.00000204. The number of rotatable bonds is 3. The number of fused-ring (bicyclic) bond motifs is 3. The molecule has 0 unspecified atom stereocenters. The van der Waals surface area contributed by atoms with Crippen LogP contribution in [-0.2, 0) is 4.74 Å². The van der Waals surface area contributed by atoms with Crippen molar-refractivity contribution in [1.82, 2.24) is 25.1 Å². The lowest BCUT2D eigenvalue weighted by atomic mass is 9.87. The first-order valence-corrected chi connectivity index (χ1v) is 11.1. The number of aryl methyl sites for hydroxylation is 2. The van der Waals surface area contributed by atoms with Gasteiger partial charge in [-0.05, 0) is 75.4 Å². The predicted octanol–water partition coefficient (Wildman–Crippen LogP) is 3.30. The maximum Gasteiger partial charge on any atom is 0.159 e. The highest BCUT2D eigenvalue weighted by atomic mass is 35.5. The van der Waals surface area contributed by atoms with Gasteiger partial charge in [-0.15, -0.1) is 12.4 Å². The average molecular weight is 441 g/mol. The fraction of sp³-hybridized carbons (Fsp3) is 0.522. The van der Waals surface area contributed by atoms with Gasteiger partial charge < -0.3 is 15.0 Å². The SMILES string of the molecule is Cc1nc(N2C[C@H]3C[C@@H]2CO3)cc(-n2ncc3cc(C)c(C4CCNCC4)cc32)n1.Cl. The standard InChI is InChI=1S/C23H28N6O.ClH/c1-14-7-17-11-25-29(21(17)9-20(14)16-3-5-24-6-4-16)23-10-22(26-15(2)27-23)28-12-19-8-18(28)13-30-19;/h7,9-11,16,18-19,24H,3-6,8,12-13H2,1-2H3;1H/t18-,19-;/m1./s1. The number of morpholine rings is 1. The third kappa shape index (κ3) is 3.58. The van der Waals surface area contributed by atoms with Crippen LogP contribution in [0.5, 0.6) is 0 Å². The highest BCUT2D eigenvalue weighted by Gasteiger charge is 2.39. The molecule has 1 aromatic carbocycles. The lowest BCUT2D eigenvalue weighted by Crippen LogP contribution is -2.37. The molecule has 2 atom stereocenters. The molecule has 1 N–H and O–H groups in total. The van der Waals surface area contributed by atoms with Crippen LogP contribution >= 0.6 is 12.4 Å². The molecular weight excluding hydrogens is 412 g/mol. The Labute approximate surface area is 188 Å². The van der Waals surface area contributed by atoms with Crippen LogP contribution in [0.15, 0.2) is 24.4 Å². The van der Waals surface area contributed by atoms with Gasteiger partial charge in [0.15, 0.2) is 5.82 Å². The van der Waals surface area contributed by atoms with Gasteiger partial charge in [0.2, 0.25) is 0 Å². The van der Waals surface area contributed by atoms with E-state index in [1.807, 2.05) is 17.8 Å². The lowest BCUT2D eigenvalue weighted by Gasteiger charge is -2.28. The summed E-state index contributed by atoms with van der Waals surface area (Å²) < 4.78 is 7.76. The van der Waals surface area contributed by atoms with Crippen LogP contribution in [0, 0.1) is 13.8 Å². The summed E-state index contributed by atoms with van der Waals surface area (Å²) >= 11 is 0. The molecule has 2 bridgehead atoms. The molecule has 0 saturated carbocycles. The molecule has 3 fully saturated rings. The molecule has 3 aromatic rings. The van der Waals surface area contributed by atoms with Crippen LogP contribution in [0.3, 0.4) is 0 Å². The number of halogens is 1. The monoisotopic (exact) mass is 440 g/mol. The maximum atomic E-state index is 5.77. The Hall–Kier alpha value is -2.22. The summed E-state index contributed by atoms with van der Waals surface area (Å²) in [5.74, 6) is 3.22. The van der Waals surface area contributed by atoms with Crippen LogP contribution in [0.25, 0.3) is 16.7 Å². The quantitative estimate of drug-likeness (QED) is 0.674. The van der Waals surface area contributed by atoms with Gasteiger partial charge in [0.05, 0.1) is 30.5 Å². The number of aromatic nitrogens is 4. The Morgan fingerprint density at radius 1 is 1.06 bits per heavy atom. The fourth-order valence-corrected chi connectivity index (χ4v) is 5.43. The molecular formula is C23H29ClN6O. The van der Waals surface area contributed by atoms with Crippen molar-refractivity contribution in [3.8, 4) is 5.82 Å². The van der Waals surface area contributed by atoms with E-state index in [1.54, 1.807) is 0 Å². The summed E-state index contributed by atoms with van der Waals surface area (Å²) in [5.41, 5.74) is 3.94. The molecule has 0 spiro atoms. The van der Waals surface area contributed by atoms with E-state index in [9.17, 15) is 0 Å². The molecule has 3 saturated heterocycles. The maximum absolute atomic E-state index is 5.77. The van der Waals surface area contributed by atoms with Gasteiger partial charge in [-0.1, -0.05) is 0 Å². The molecule has 8 heteroatoms. The van der Waals surface area contributed by atoms with E-state index in [2.05, 4.69) is 35.3 Å². The molecule has 3 aliphatic heterocycles. The first-order valence-electron chi connectivity index (χ1n) is 11.1. The number of hydrogen-bond acceptors (Lipinski definition) is 6. The normalized spacial score (nSPS) is 23.5. The Kier molecular flexibility index (Phi) is 5.36. The van der Waals surface area contributed by atoms with Gasteiger partial charge in [0.1, 0.15) is 11.6 Å². The van der Waals surface area contributed by atoms with Gasteiger partial charge in [0.25, 0.3) is 0 Å². The number of hydrogen-bond donors (Lipinski definition) is 1. The highest BCUT2D eigenvalue weighted by Crippen LogP contribution is 2.34. The van der Waals surface area contributed by atoms with Crippen LogP contribution in [0.1, 0.15) is 42.1 Å². The number of anilines is 1. The first-order chi connectivity index (χ1) is 14.7. The number of ether oxygens (including phenoxy) is 1. The Bertz CT molecular complexity index is 1110. The summed E-state index contributed by atoms with van der Waals surface area (Å²) in [6.45, 7) is 8.10. The van der Waals surface area contributed by atoms with Crippen molar-refractivity contribution in [2.75, 3.05) is 31.1 Å². The molecule has 6 rings (SSSR count). The van der Waals surface area contributed by atoms with Crippen molar-refractivity contribution in [2.45, 2.75) is 51.2 Å². The molecule has 0 aliphatic carbocycles. The average Bonchev–Trinajstić information content (AvgIpc) is 3.49. The second-order valence-electron chi connectivity index (χ2n) is 8.98. The largest absolute Gasteiger partial charge is 0.374 e. The van der Waals surface area contributed by atoms with Gasteiger partial charge >= 0.3 is 0 Å². The summed E-state index contributed by atoms with van der Waals surface area (Å²) in [6.07, 6.45) is 5.78. The van der Waals surface area contributed by atoms with Crippen molar-refractivity contribution in [3.63, 3.8) is 0 Å². The second-order valence-corrected chi connectivity index (χ2v) is 8.98. The number of nitrogens with one attached hydrogen (secondary N) is 1. The van der Waals surface area contributed by atoms with E-state index in [1.165, 1.54) is 24.0 Å². The van der Waals surface area contributed by atoms with Crippen molar-refractivity contribution < 1.29 is 4.74 Å². The summed E-state index contributed by atoms with van der Waals surface area (Å²) in [6, 6.07) is 7.14. The molecule has 0 radical (unpaired) electrons. The Morgan fingerprint density at radius 3 is 2.61 bits per heavy atom. The number of nitrogens with zero attached hydrogens (tertiary/aromatic N) is 5. The van der Waals surface area contributed by atoms with Crippen molar-refractivity contribution in [3.05, 3.63) is 41.3 Å². The van der Waals surface area contributed by atoms with E-state index in [4.69, 9.17) is 19.8 Å². The Morgan fingerprint density at radius 2 is 1.87 bits per heavy atom. The van der Waals surface area contributed by atoms with E-state index >= 15 is 0 Å². The number of piperidine rings is 1. The predicted molar refractivity (Wildman–Crippen MR) is 124 cm³/mol. The highest BCUT2D eigenvalue weighted by molar-refractivity contribution is 5.85. The van der Waals surface area contributed by atoms with E-state index < -0.39 is 0 Å². The van der Waals surface area contributed by atoms with E-state index in [0.29, 0.717) is 18.1 Å². The minimum absolute atomic E-state index is 0. The lowest BCUT2D eigenvalue weighted by molar-refractivity contribution is 0.0988. The molecule has 7 nitrogen and oxygen atoms in total. The van der Waals surface area contributed by atoms with Crippen molar-refractivity contribution in [1.29, 1.82) is 0 Å². The minimum atomic E-state index is 0. The number of benzene rings is 1. The molecule has 5 heterocycles. The third-order valence-corrected chi connectivity index (χ3v) is 6.96. The zero-order valence-corrected chi connectivity index (χ0v) is 18.9. The fourth-order valence-electron chi connectivity index (χ4n) is 5.43. The molecule has 2 aromatic heterocycles.